The fourth-order valence-corrected chi connectivity index (χ4v) is 2.66. The van der Waals surface area contributed by atoms with Crippen LogP contribution >= 0.6 is 15.9 Å². The van der Waals surface area contributed by atoms with Crippen LogP contribution < -0.4 is 10.6 Å². The monoisotopic (exact) mass is 383 g/mol. The van der Waals surface area contributed by atoms with Gasteiger partial charge < -0.3 is 10.6 Å². The van der Waals surface area contributed by atoms with E-state index in [1.165, 1.54) is 6.20 Å². The van der Waals surface area contributed by atoms with E-state index in [2.05, 4.69) is 26.6 Å². The fraction of sp³-hybridized carbons (Fsp3) is 0.158. The zero-order valence-electron chi connectivity index (χ0n) is 13.5. The summed E-state index contributed by atoms with van der Waals surface area (Å²) in [5.41, 5.74) is 2.87. The van der Waals surface area contributed by atoms with Gasteiger partial charge in [0.1, 0.15) is 11.6 Å². The first kappa shape index (κ1) is 17.8. The van der Waals surface area contributed by atoms with Crippen molar-refractivity contribution in [2.75, 3.05) is 5.32 Å². The van der Waals surface area contributed by atoms with E-state index in [1.807, 2.05) is 68.4 Å². The Labute approximate surface area is 150 Å². The Morgan fingerprint density at radius 1 is 1.25 bits per heavy atom. The lowest BCUT2D eigenvalue weighted by Gasteiger charge is -2.14. The molecule has 0 aliphatic rings. The van der Waals surface area contributed by atoms with Crippen molar-refractivity contribution in [1.82, 2.24) is 5.32 Å². The lowest BCUT2D eigenvalue weighted by atomic mass is 10.1. The second kappa shape index (κ2) is 8.32. The van der Waals surface area contributed by atoms with Crippen LogP contribution in [0.3, 0.4) is 0 Å². The standard InChI is InChI=1S/C19H18BrN3O/c1-13-10-17(20)8-9-18(13)22-12-16(11-21)19(24)23-14(2)15-6-4-3-5-7-15/h3-10,12,14,22H,1-2H3,(H,23,24)/b16-12-. The van der Waals surface area contributed by atoms with Crippen LogP contribution in [0.1, 0.15) is 24.1 Å². The number of nitrogens with zero attached hydrogens (tertiary/aromatic N) is 1. The molecule has 2 rings (SSSR count). The highest BCUT2D eigenvalue weighted by atomic mass is 79.9. The fourth-order valence-electron chi connectivity index (χ4n) is 2.19. The Balaban J connectivity index is 2.07. The van der Waals surface area contributed by atoms with E-state index >= 15 is 0 Å². The molecule has 0 saturated carbocycles. The molecule has 0 heterocycles. The van der Waals surface area contributed by atoms with Gasteiger partial charge in [-0.2, -0.15) is 5.26 Å². The number of nitriles is 1. The number of anilines is 1. The molecule has 0 radical (unpaired) electrons. The van der Waals surface area contributed by atoms with Gasteiger partial charge in [0.15, 0.2) is 0 Å². The van der Waals surface area contributed by atoms with Gasteiger partial charge in [-0.3, -0.25) is 4.79 Å². The van der Waals surface area contributed by atoms with Crippen molar-refractivity contribution < 1.29 is 4.79 Å². The third kappa shape index (κ3) is 4.71. The SMILES string of the molecule is Cc1cc(Br)ccc1N/C=C(/C#N)C(=O)NC(C)c1ccccc1. The quantitative estimate of drug-likeness (QED) is 0.591. The van der Waals surface area contributed by atoms with E-state index in [4.69, 9.17) is 0 Å². The van der Waals surface area contributed by atoms with Crippen molar-refractivity contribution in [2.45, 2.75) is 19.9 Å². The lowest BCUT2D eigenvalue weighted by molar-refractivity contribution is -0.117. The molecule has 0 bridgehead atoms. The molecule has 0 aromatic heterocycles. The molecule has 0 saturated heterocycles. The minimum absolute atomic E-state index is 0.0279. The summed E-state index contributed by atoms with van der Waals surface area (Å²) < 4.78 is 0.976. The predicted molar refractivity (Wildman–Crippen MR) is 99.2 cm³/mol. The summed E-state index contributed by atoms with van der Waals surface area (Å²) in [4.78, 5) is 12.3. The average Bonchev–Trinajstić information content (AvgIpc) is 2.57. The molecule has 24 heavy (non-hydrogen) atoms. The van der Waals surface area contributed by atoms with Gasteiger partial charge in [0.05, 0.1) is 6.04 Å². The third-order valence-electron chi connectivity index (χ3n) is 3.57. The van der Waals surface area contributed by atoms with Crippen molar-refractivity contribution in [3.05, 3.63) is 75.9 Å². The van der Waals surface area contributed by atoms with Gasteiger partial charge in [-0.15, -0.1) is 0 Å². The van der Waals surface area contributed by atoms with Gasteiger partial charge in [0.2, 0.25) is 0 Å². The smallest absolute Gasteiger partial charge is 0.263 e. The number of amides is 1. The van der Waals surface area contributed by atoms with E-state index in [1.54, 1.807) is 0 Å². The maximum absolute atomic E-state index is 12.3. The van der Waals surface area contributed by atoms with Crippen LogP contribution in [0.2, 0.25) is 0 Å². The van der Waals surface area contributed by atoms with Crippen LogP contribution in [0.15, 0.2) is 64.8 Å². The molecule has 122 valence electrons. The number of hydrogen-bond acceptors (Lipinski definition) is 3. The van der Waals surface area contributed by atoms with Crippen molar-refractivity contribution in [3.8, 4) is 6.07 Å². The maximum atomic E-state index is 12.3. The number of aryl methyl sites for hydroxylation is 1. The van der Waals surface area contributed by atoms with E-state index in [-0.39, 0.29) is 11.6 Å². The Kier molecular flexibility index (Phi) is 6.16. The second-order valence-corrected chi connectivity index (χ2v) is 6.29. The summed E-state index contributed by atoms with van der Waals surface area (Å²) >= 11 is 3.40. The molecule has 0 aliphatic heterocycles. The van der Waals surface area contributed by atoms with E-state index in [0.29, 0.717) is 0 Å². The van der Waals surface area contributed by atoms with Crippen molar-refractivity contribution in [1.29, 1.82) is 5.26 Å². The predicted octanol–water partition coefficient (Wildman–Crippen LogP) is 4.45. The number of benzene rings is 2. The molecule has 1 unspecified atom stereocenters. The van der Waals surface area contributed by atoms with E-state index < -0.39 is 5.91 Å². The Bertz CT molecular complexity index is 794. The summed E-state index contributed by atoms with van der Waals surface area (Å²) in [6.45, 7) is 3.83. The van der Waals surface area contributed by atoms with Crippen molar-refractivity contribution in [3.63, 3.8) is 0 Å². The minimum Gasteiger partial charge on any atom is -0.360 e. The molecule has 2 aromatic carbocycles. The molecular formula is C19H18BrN3O. The van der Waals surface area contributed by atoms with Crippen LogP contribution in [-0.2, 0) is 4.79 Å². The molecular weight excluding hydrogens is 366 g/mol. The largest absolute Gasteiger partial charge is 0.360 e. The summed E-state index contributed by atoms with van der Waals surface area (Å²) in [6.07, 6.45) is 1.43. The van der Waals surface area contributed by atoms with Crippen LogP contribution in [0.25, 0.3) is 0 Å². The summed E-state index contributed by atoms with van der Waals surface area (Å²) in [6, 6.07) is 17.1. The minimum atomic E-state index is -0.406. The van der Waals surface area contributed by atoms with Crippen molar-refractivity contribution in [2.24, 2.45) is 0 Å². The molecule has 2 aromatic rings. The van der Waals surface area contributed by atoms with Crippen LogP contribution in [0.5, 0.6) is 0 Å². The Morgan fingerprint density at radius 3 is 2.58 bits per heavy atom. The topological polar surface area (TPSA) is 64.9 Å². The highest BCUT2D eigenvalue weighted by molar-refractivity contribution is 9.10. The molecule has 0 fully saturated rings. The lowest BCUT2D eigenvalue weighted by Crippen LogP contribution is -2.28. The number of halogens is 1. The highest BCUT2D eigenvalue weighted by Crippen LogP contribution is 2.20. The van der Waals surface area contributed by atoms with Gasteiger partial charge in [-0.1, -0.05) is 46.3 Å². The van der Waals surface area contributed by atoms with Crippen molar-refractivity contribution >= 4 is 27.5 Å². The molecule has 2 N–H and O–H groups in total. The molecule has 0 aliphatic carbocycles. The Hall–Kier alpha value is -2.58. The van der Waals surface area contributed by atoms with Crippen LogP contribution in [-0.4, -0.2) is 5.91 Å². The molecule has 1 atom stereocenters. The third-order valence-corrected chi connectivity index (χ3v) is 4.07. The van der Waals surface area contributed by atoms with Gasteiger partial charge >= 0.3 is 0 Å². The van der Waals surface area contributed by atoms with Crippen LogP contribution in [0, 0.1) is 18.3 Å². The molecule has 0 spiro atoms. The summed E-state index contributed by atoms with van der Waals surface area (Å²) in [5.74, 6) is -0.406. The first-order valence-electron chi connectivity index (χ1n) is 7.50. The number of nitrogens with one attached hydrogen (secondary N) is 2. The van der Waals surface area contributed by atoms with Gasteiger partial charge in [0, 0.05) is 16.4 Å². The number of hydrogen-bond donors (Lipinski definition) is 2. The van der Waals surface area contributed by atoms with E-state index in [0.717, 1.165) is 21.3 Å². The van der Waals surface area contributed by atoms with Gasteiger partial charge in [-0.05, 0) is 43.2 Å². The molecule has 5 heteroatoms. The van der Waals surface area contributed by atoms with E-state index in [9.17, 15) is 10.1 Å². The van der Waals surface area contributed by atoms with Gasteiger partial charge in [-0.25, -0.2) is 0 Å². The zero-order chi connectivity index (χ0) is 17.5. The molecule has 1 amide bonds. The van der Waals surface area contributed by atoms with Crippen LogP contribution in [0.4, 0.5) is 5.69 Å². The number of carbonyl (C=O) groups excluding carboxylic acids is 1. The number of carbonyl (C=O) groups is 1. The highest BCUT2D eigenvalue weighted by Gasteiger charge is 2.13. The summed E-state index contributed by atoms with van der Waals surface area (Å²) in [7, 11) is 0. The Morgan fingerprint density at radius 2 is 1.96 bits per heavy atom. The average molecular weight is 384 g/mol. The summed E-state index contributed by atoms with van der Waals surface area (Å²) in [5, 5.41) is 15.1. The second-order valence-electron chi connectivity index (χ2n) is 5.38. The first-order chi connectivity index (χ1) is 11.5. The maximum Gasteiger partial charge on any atom is 0.263 e. The first-order valence-corrected chi connectivity index (χ1v) is 8.29. The van der Waals surface area contributed by atoms with Gasteiger partial charge in [0.25, 0.3) is 5.91 Å². The molecule has 4 nitrogen and oxygen atoms in total. The zero-order valence-corrected chi connectivity index (χ0v) is 15.1. The number of rotatable bonds is 5. The normalized spacial score (nSPS) is 12.2.